The average molecular weight is 501 g/mol. The van der Waals surface area contributed by atoms with Crippen LogP contribution in [0.4, 0.5) is 5.69 Å². The fourth-order valence-electron chi connectivity index (χ4n) is 7.33. The van der Waals surface area contributed by atoms with Gasteiger partial charge in [-0.15, -0.1) is 0 Å². The first-order chi connectivity index (χ1) is 16.6. The minimum absolute atomic E-state index is 0.0364. The fourth-order valence-corrected chi connectivity index (χ4v) is 9.30. The highest BCUT2D eigenvalue weighted by Crippen LogP contribution is 2.60. The van der Waals surface area contributed by atoms with E-state index in [-0.39, 0.29) is 34.7 Å². The Morgan fingerprint density at radius 2 is 1.43 bits per heavy atom. The molecule has 192 valence electrons. The van der Waals surface area contributed by atoms with Crippen LogP contribution in [0.3, 0.4) is 0 Å². The van der Waals surface area contributed by atoms with E-state index in [1.54, 1.807) is 24.3 Å². The van der Waals surface area contributed by atoms with E-state index in [1.807, 2.05) is 25.1 Å². The standard InChI is InChI=1S/C28H40N2O4S/c1-27(2)24-17-18-28(27,3)26(32)29(25(24)31)22-15-10-16-23(19-22)35(33,34)30(20-11-6-4-7-12-20)21-13-8-5-9-14-21/h10,15-16,19-21,24H,4-9,11-14,17-18H2,1-3H3/t24-,28+/m0/s1. The summed E-state index contributed by atoms with van der Waals surface area (Å²) in [5, 5.41) is 0. The van der Waals surface area contributed by atoms with Crippen molar-refractivity contribution >= 4 is 27.5 Å². The van der Waals surface area contributed by atoms with Crippen LogP contribution < -0.4 is 4.90 Å². The summed E-state index contributed by atoms with van der Waals surface area (Å²) >= 11 is 0. The molecule has 0 radical (unpaired) electrons. The minimum atomic E-state index is -3.76. The number of amides is 2. The molecule has 6 nitrogen and oxygen atoms in total. The van der Waals surface area contributed by atoms with E-state index in [9.17, 15) is 18.0 Å². The number of sulfonamides is 1. The van der Waals surface area contributed by atoms with Gasteiger partial charge < -0.3 is 0 Å². The van der Waals surface area contributed by atoms with Crippen molar-refractivity contribution < 1.29 is 18.0 Å². The average Bonchev–Trinajstić information content (AvgIpc) is 3.03. The lowest BCUT2D eigenvalue weighted by atomic mass is 9.62. The molecule has 1 heterocycles. The molecule has 0 aromatic heterocycles. The number of fused-ring (bicyclic) bond motifs is 2. The molecule has 0 unspecified atom stereocenters. The zero-order chi connectivity index (χ0) is 25.0. The number of carbonyl (C=O) groups is 2. The summed E-state index contributed by atoms with van der Waals surface area (Å²) in [7, 11) is -3.76. The minimum Gasteiger partial charge on any atom is -0.274 e. The molecule has 3 saturated carbocycles. The molecule has 1 aliphatic heterocycles. The molecule has 1 aromatic carbocycles. The van der Waals surface area contributed by atoms with E-state index < -0.39 is 20.9 Å². The van der Waals surface area contributed by atoms with Gasteiger partial charge in [0.2, 0.25) is 21.8 Å². The predicted octanol–water partition coefficient (Wildman–Crippen LogP) is 5.66. The van der Waals surface area contributed by atoms with Gasteiger partial charge in [-0.05, 0) is 62.1 Å². The van der Waals surface area contributed by atoms with Crippen molar-refractivity contribution in [2.75, 3.05) is 4.90 Å². The highest BCUT2D eigenvalue weighted by Gasteiger charge is 2.64. The summed E-state index contributed by atoms with van der Waals surface area (Å²) in [5.74, 6) is -0.625. The molecule has 35 heavy (non-hydrogen) atoms. The van der Waals surface area contributed by atoms with Crippen molar-refractivity contribution in [1.29, 1.82) is 0 Å². The lowest BCUT2D eigenvalue weighted by molar-refractivity contribution is -0.146. The Bertz CT molecular complexity index is 1080. The van der Waals surface area contributed by atoms with Crippen molar-refractivity contribution in [3.63, 3.8) is 0 Å². The molecular formula is C28H40N2O4S. The van der Waals surface area contributed by atoms with Crippen molar-refractivity contribution in [3.8, 4) is 0 Å². The number of nitrogens with zero attached hydrogens (tertiary/aromatic N) is 2. The van der Waals surface area contributed by atoms with Gasteiger partial charge in [0.1, 0.15) is 0 Å². The van der Waals surface area contributed by atoms with Crippen molar-refractivity contribution in [2.24, 2.45) is 16.7 Å². The van der Waals surface area contributed by atoms with E-state index in [2.05, 4.69) is 0 Å². The third-order valence-electron chi connectivity index (χ3n) is 9.94. The lowest BCUT2D eigenvalue weighted by Crippen LogP contribution is -2.59. The highest BCUT2D eigenvalue weighted by atomic mass is 32.2. The molecule has 2 atom stereocenters. The van der Waals surface area contributed by atoms with Crippen LogP contribution in [0.1, 0.15) is 97.8 Å². The zero-order valence-electron chi connectivity index (χ0n) is 21.5. The molecule has 4 aliphatic rings. The van der Waals surface area contributed by atoms with Crippen LogP contribution in [-0.2, 0) is 19.6 Å². The predicted molar refractivity (Wildman–Crippen MR) is 136 cm³/mol. The van der Waals surface area contributed by atoms with E-state index >= 15 is 0 Å². The quantitative estimate of drug-likeness (QED) is 0.489. The van der Waals surface area contributed by atoms with Gasteiger partial charge in [-0.25, -0.2) is 13.3 Å². The van der Waals surface area contributed by atoms with Crippen molar-refractivity contribution in [3.05, 3.63) is 24.3 Å². The maximum absolute atomic E-state index is 14.2. The van der Waals surface area contributed by atoms with Crippen LogP contribution >= 0.6 is 0 Å². The normalized spacial score (nSPS) is 30.3. The second-order valence-corrected chi connectivity index (χ2v) is 13.9. The van der Waals surface area contributed by atoms with Gasteiger partial charge >= 0.3 is 0 Å². The van der Waals surface area contributed by atoms with Crippen molar-refractivity contribution in [2.45, 2.75) is 115 Å². The second kappa shape index (κ2) is 8.98. The Hall–Kier alpha value is -1.73. The second-order valence-electron chi connectivity index (χ2n) is 12.0. The zero-order valence-corrected chi connectivity index (χ0v) is 22.3. The van der Waals surface area contributed by atoms with Gasteiger partial charge in [0.15, 0.2) is 0 Å². The van der Waals surface area contributed by atoms with Gasteiger partial charge in [0.25, 0.3) is 0 Å². The Kier molecular flexibility index (Phi) is 6.40. The largest absolute Gasteiger partial charge is 0.274 e. The molecule has 0 spiro atoms. The first-order valence-electron chi connectivity index (χ1n) is 13.6. The van der Waals surface area contributed by atoms with E-state index in [0.717, 1.165) is 51.4 Å². The molecular weight excluding hydrogens is 460 g/mol. The summed E-state index contributed by atoms with van der Waals surface area (Å²) in [6, 6.07) is 6.68. The van der Waals surface area contributed by atoms with Gasteiger partial charge in [-0.1, -0.05) is 65.4 Å². The Labute approximate surface area is 210 Å². The van der Waals surface area contributed by atoms with Crippen LogP contribution in [0.2, 0.25) is 0 Å². The molecule has 3 aliphatic carbocycles. The summed E-state index contributed by atoms with van der Waals surface area (Å²) in [5.41, 5.74) is -0.640. The maximum atomic E-state index is 14.2. The summed E-state index contributed by atoms with van der Waals surface area (Å²) in [6.45, 7) is 6.00. The fraction of sp³-hybridized carbons (Fsp3) is 0.714. The Morgan fingerprint density at radius 3 is 2.00 bits per heavy atom. The smallest absolute Gasteiger partial charge is 0.243 e. The third-order valence-corrected chi connectivity index (χ3v) is 11.9. The van der Waals surface area contributed by atoms with Gasteiger partial charge in [0, 0.05) is 18.0 Å². The Morgan fingerprint density at radius 1 is 0.857 bits per heavy atom. The summed E-state index contributed by atoms with van der Waals surface area (Å²) in [4.78, 5) is 28.6. The maximum Gasteiger partial charge on any atom is 0.243 e. The topological polar surface area (TPSA) is 74.8 Å². The SMILES string of the molecule is CC1(C)[C@H]2CC[C@]1(C)C(=O)N(c1cccc(S(=O)(=O)N(C3CCCCC3)C3CCCCC3)c1)C2=O. The molecule has 7 heteroatoms. The number of anilines is 1. The molecule has 2 bridgehead atoms. The molecule has 0 N–H and O–H groups in total. The van der Waals surface area contributed by atoms with Crippen LogP contribution in [-0.4, -0.2) is 36.6 Å². The molecule has 5 rings (SSSR count). The monoisotopic (exact) mass is 500 g/mol. The molecule has 4 fully saturated rings. The number of carbonyl (C=O) groups excluding carboxylic acids is 2. The van der Waals surface area contributed by atoms with Crippen LogP contribution in [0.15, 0.2) is 29.2 Å². The van der Waals surface area contributed by atoms with Crippen molar-refractivity contribution in [1.82, 2.24) is 4.31 Å². The third kappa shape index (κ3) is 3.88. The van der Waals surface area contributed by atoms with Gasteiger partial charge in [-0.2, -0.15) is 4.31 Å². The number of imide groups is 1. The van der Waals surface area contributed by atoms with E-state index in [0.29, 0.717) is 18.5 Å². The first-order valence-corrected chi connectivity index (χ1v) is 15.0. The molecule has 2 amide bonds. The summed E-state index contributed by atoms with van der Waals surface area (Å²) < 4.78 is 30.2. The van der Waals surface area contributed by atoms with Gasteiger partial charge in [0.05, 0.1) is 16.0 Å². The van der Waals surface area contributed by atoms with Gasteiger partial charge in [-0.3, -0.25) is 9.59 Å². The van der Waals surface area contributed by atoms with E-state index in [1.165, 1.54) is 17.7 Å². The highest BCUT2D eigenvalue weighted by molar-refractivity contribution is 7.89. The molecule has 1 saturated heterocycles. The summed E-state index contributed by atoms with van der Waals surface area (Å²) in [6.07, 6.45) is 11.6. The lowest BCUT2D eigenvalue weighted by Gasteiger charge is -2.47. The number of rotatable bonds is 5. The molecule has 1 aromatic rings. The number of benzene rings is 1. The number of hydrogen-bond acceptors (Lipinski definition) is 4. The first kappa shape index (κ1) is 24.9. The van der Waals surface area contributed by atoms with E-state index in [4.69, 9.17) is 0 Å². The Balaban J connectivity index is 1.52. The number of hydrogen-bond donors (Lipinski definition) is 0. The van der Waals surface area contributed by atoms with Crippen LogP contribution in [0, 0.1) is 16.7 Å². The van der Waals surface area contributed by atoms with Crippen LogP contribution in [0.25, 0.3) is 0 Å². The number of piperidine rings is 1. The van der Waals surface area contributed by atoms with Crippen LogP contribution in [0.5, 0.6) is 0 Å².